The van der Waals surface area contributed by atoms with Gasteiger partial charge in [-0.2, -0.15) is 0 Å². The molecule has 0 radical (unpaired) electrons. The molecule has 0 saturated carbocycles. The van der Waals surface area contributed by atoms with Crippen LogP contribution in [0.4, 0.5) is 5.69 Å². The average Bonchev–Trinajstić information content (AvgIpc) is 2.94. The molecule has 1 heterocycles. The number of benzene rings is 2. The van der Waals surface area contributed by atoms with Crippen LogP contribution in [-0.4, -0.2) is 14.9 Å². The molecule has 3 aromatic rings. The minimum absolute atomic E-state index is 0.0378. The molecule has 0 saturated heterocycles. The van der Waals surface area contributed by atoms with Crippen LogP contribution in [0.25, 0.3) is 11.0 Å². The quantitative estimate of drug-likeness (QED) is 0.577. The van der Waals surface area contributed by atoms with E-state index in [4.69, 9.17) is 4.74 Å². The number of fused-ring (bicyclic) bond motifs is 1. The van der Waals surface area contributed by atoms with E-state index < -0.39 is 4.92 Å². The van der Waals surface area contributed by atoms with Gasteiger partial charge in [0.2, 0.25) is 0 Å². The summed E-state index contributed by atoms with van der Waals surface area (Å²) in [4.78, 5) is 18.0. The van der Waals surface area contributed by atoms with Crippen LogP contribution >= 0.6 is 0 Å². The molecular formula is C17H17N3O3. The number of nitro groups is 1. The largest absolute Gasteiger partial charge is 0.483 e. The van der Waals surface area contributed by atoms with Gasteiger partial charge in [0, 0.05) is 12.1 Å². The van der Waals surface area contributed by atoms with Gasteiger partial charge in [-0.15, -0.1) is 0 Å². The van der Waals surface area contributed by atoms with Crippen LogP contribution in [0.15, 0.2) is 36.4 Å². The maximum absolute atomic E-state index is 10.8. The lowest BCUT2D eigenvalue weighted by Gasteiger charge is -2.15. The van der Waals surface area contributed by atoms with Gasteiger partial charge >= 0.3 is 0 Å². The third-order valence-electron chi connectivity index (χ3n) is 3.73. The van der Waals surface area contributed by atoms with Crippen LogP contribution in [0.2, 0.25) is 0 Å². The zero-order valence-corrected chi connectivity index (χ0v) is 13.2. The van der Waals surface area contributed by atoms with E-state index in [1.165, 1.54) is 12.1 Å². The van der Waals surface area contributed by atoms with Crippen molar-refractivity contribution in [1.82, 2.24) is 9.97 Å². The highest BCUT2D eigenvalue weighted by atomic mass is 16.6. The number of aryl methyl sites for hydroxylation is 2. The van der Waals surface area contributed by atoms with Crippen molar-refractivity contribution in [2.24, 2.45) is 0 Å². The summed E-state index contributed by atoms with van der Waals surface area (Å²) in [7, 11) is 0. The highest BCUT2D eigenvalue weighted by Crippen LogP contribution is 2.27. The Kier molecular flexibility index (Phi) is 3.73. The highest BCUT2D eigenvalue weighted by molar-refractivity contribution is 5.77. The lowest BCUT2D eigenvalue weighted by Crippen LogP contribution is -2.06. The molecule has 0 amide bonds. The molecule has 1 atom stereocenters. The number of aromatic nitrogens is 2. The molecule has 0 aliphatic carbocycles. The van der Waals surface area contributed by atoms with Crippen LogP contribution in [0, 0.1) is 24.0 Å². The topological polar surface area (TPSA) is 81.1 Å². The molecule has 2 aromatic carbocycles. The first-order valence-corrected chi connectivity index (χ1v) is 7.32. The third kappa shape index (κ3) is 3.01. The van der Waals surface area contributed by atoms with Crippen molar-refractivity contribution in [3.8, 4) is 5.75 Å². The summed E-state index contributed by atoms with van der Waals surface area (Å²) >= 11 is 0. The summed E-state index contributed by atoms with van der Waals surface area (Å²) < 4.78 is 5.99. The smallest absolute Gasteiger partial charge is 0.271 e. The van der Waals surface area contributed by atoms with Crippen molar-refractivity contribution in [2.75, 3.05) is 0 Å². The number of non-ortho nitro benzene ring substituents is 1. The number of H-pyrrole nitrogens is 1. The average molecular weight is 311 g/mol. The Morgan fingerprint density at radius 1 is 1.22 bits per heavy atom. The van der Waals surface area contributed by atoms with Gasteiger partial charge in [0.1, 0.15) is 11.6 Å². The van der Waals surface area contributed by atoms with E-state index in [2.05, 4.69) is 9.97 Å². The number of nitrogens with one attached hydrogen (secondary N) is 1. The molecule has 0 bridgehead atoms. The molecule has 3 rings (SSSR count). The Hall–Kier alpha value is -2.89. The molecule has 1 aromatic heterocycles. The lowest BCUT2D eigenvalue weighted by atomic mass is 10.1. The molecule has 0 spiro atoms. The standard InChI is InChI=1S/C17H17N3O3/c1-10-4-5-11(2)16(8-10)23-12(3)17-18-14-7-6-13(20(21)22)9-15(14)19-17/h4-9,12H,1-3H3,(H,18,19)/t12-/m1/s1. The number of rotatable bonds is 4. The Labute approximate surface area is 133 Å². The molecule has 6 nitrogen and oxygen atoms in total. The van der Waals surface area contributed by atoms with E-state index >= 15 is 0 Å². The second-order valence-electron chi connectivity index (χ2n) is 5.61. The minimum atomic E-state index is -0.421. The predicted octanol–water partition coefficient (Wildman–Crippen LogP) is 4.23. The summed E-state index contributed by atoms with van der Waals surface area (Å²) in [6, 6.07) is 10.6. The van der Waals surface area contributed by atoms with Crippen LogP contribution in [-0.2, 0) is 0 Å². The minimum Gasteiger partial charge on any atom is -0.483 e. The SMILES string of the molecule is Cc1ccc(C)c(O[C@H](C)c2nc3ccc([N+](=O)[O-])cc3[nH]2)c1. The van der Waals surface area contributed by atoms with Gasteiger partial charge < -0.3 is 9.72 Å². The summed E-state index contributed by atoms with van der Waals surface area (Å²) in [5, 5.41) is 10.8. The number of aromatic amines is 1. The van der Waals surface area contributed by atoms with Gasteiger partial charge in [-0.25, -0.2) is 4.98 Å². The number of nitrogens with zero attached hydrogens (tertiary/aromatic N) is 2. The summed E-state index contributed by atoms with van der Waals surface area (Å²) in [5.41, 5.74) is 3.52. The summed E-state index contributed by atoms with van der Waals surface area (Å²) in [6.45, 7) is 5.90. The van der Waals surface area contributed by atoms with Gasteiger partial charge in [-0.1, -0.05) is 12.1 Å². The van der Waals surface area contributed by atoms with E-state index in [9.17, 15) is 10.1 Å². The van der Waals surface area contributed by atoms with E-state index in [-0.39, 0.29) is 11.8 Å². The Balaban J connectivity index is 1.90. The maximum Gasteiger partial charge on any atom is 0.271 e. The fourth-order valence-corrected chi connectivity index (χ4v) is 2.40. The van der Waals surface area contributed by atoms with Crippen molar-refractivity contribution < 1.29 is 9.66 Å². The van der Waals surface area contributed by atoms with Gasteiger partial charge in [0.25, 0.3) is 5.69 Å². The molecule has 0 unspecified atom stereocenters. The Bertz CT molecular complexity index is 886. The number of ether oxygens (including phenoxy) is 1. The van der Waals surface area contributed by atoms with E-state index in [1.54, 1.807) is 6.07 Å². The molecule has 23 heavy (non-hydrogen) atoms. The monoisotopic (exact) mass is 311 g/mol. The van der Waals surface area contributed by atoms with Crippen molar-refractivity contribution in [3.63, 3.8) is 0 Å². The second-order valence-corrected chi connectivity index (χ2v) is 5.61. The number of nitro benzene ring substituents is 1. The Morgan fingerprint density at radius 2 is 2.00 bits per heavy atom. The Morgan fingerprint density at radius 3 is 2.74 bits per heavy atom. The number of hydrogen-bond donors (Lipinski definition) is 1. The lowest BCUT2D eigenvalue weighted by molar-refractivity contribution is -0.384. The van der Waals surface area contributed by atoms with E-state index in [0.29, 0.717) is 16.9 Å². The van der Waals surface area contributed by atoms with Gasteiger partial charge in [0.15, 0.2) is 6.10 Å². The molecule has 1 N–H and O–H groups in total. The second kappa shape index (κ2) is 5.72. The summed E-state index contributed by atoms with van der Waals surface area (Å²) in [6.07, 6.45) is -0.290. The van der Waals surface area contributed by atoms with Crippen LogP contribution in [0.1, 0.15) is 30.0 Å². The first kappa shape index (κ1) is 15.0. The molecule has 6 heteroatoms. The fourth-order valence-electron chi connectivity index (χ4n) is 2.40. The van der Waals surface area contributed by atoms with Crippen molar-refractivity contribution >= 4 is 16.7 Å². The van der Waals surface area contributed by atoms with E-state index in [1.807, 2.05) is 39.0 Å². The van der Waals surface area contributed by atoms with Crippen molar-refractivity contribution in [2.45, 2.75) is 26.9 Å². The first-order chi connectivity index (χ1) is 10.9. The number of imidazole rings is 1. The first-order valence-electron chi connectivity index (χ1n) is 7.32. The molecule has 0 aliphatic heterocycles. The molecule has 118 valence electrons. The molecule has 0 aliphatic rings. The zero-order chi connectivity index (χ0) is 16.6. The van der Waals surface area contributed by atoms with Crippen LogP contribution in [0.3, 0.4) is 0 Å². The summed E-state index contributed by atoms with van der Waals surface area (Å²) in [5.74, 6) is 1.45. The number of hydrogen-bond acceptors (Lipinski definition) is 4. The molecule has 0 fully saturated rings. The van der Waals surface area contributed by atoms with Gasteiger partial charge in [0.05, 0.1) is 16.0 Å². The van der Waals surface area contributed by atoms with Gasteiger partial charge in [-0.05, 0) is 44.0 Å². The molecular weight excluding hydrogens is 294 g/mol. The zero-order valence-electron chi connectivity index (χ0n) is 13.2. The maximum atomic E-state index is 10.8. The van der Waals surface area contributed by atoms with Gasteiger partial charge in [-0.3, -0.25) is 10.1 Å². The fraction of sp³-hybridized carbons (Fsp3) is 0.235. The normalized spacial score (nSPS) is 12.3. The van der Waals surface area contributed by atoms with E-state index in [0.717, 1.165) is 16.9 Å². The third-order valence-corrected chi connectivity index (χ3v) is 3.73. The van der Waals surface area contributed by atoms with Crippen LogP contribution in [0.5, 0.6) is 5.75 Å². The highest BCUT2D eigenvalue weighted by Gasteiger charge is 2.15. The van der Waals surface area contributed by atoms with Crippen molar-refractivity contribution in [1.29, 1.82) is 0 Å². The van der Waals surface area contributed by atoms with Crippen molar-refractivity contribution in [3.05, 3.63) is 63.5 Å². The van der Waals surface area contributed by atoms with Crippen LogP contribution < -0.4 is 4.74 Å². The predicted molar refractivity (Wildman–Crippen MR) is 87.7 cm³/mol.